The first-order chi connectivity index (χ1) is 13.1. The summed E-state index contributed by atoms with van der Waals surface area (Å²) in [6.07, 6.45) is 5.46. The molecule has 0 N–H and O–H groups in total. The van der Waals surface area contributed by atoms with Crippen molar-refractivity contribution in [3.05, 3.63) is 99.9 Å². The second kappa shape index (κ2) is 7.00. The highest BCUT2D eigenvalue weighted by molar-refractivity contribution is 5.80. The number of hydrogen-bond donors (Lipinski definition) is 0. The van der Waals surface area contributed by atoms with Crippen molar-refractivity contribution >= 4 is 23.1 Å². The van der Waals surface area contributed by atoms with Crippen LogP contribution in [0.15, 0.2) is 71.7 Å². The van der Waals surface area contributed by atoms with Crippen LogP contribution in [0.3, 0.4) is 0 Å². The summed E-state index contributed by atoms with van der Waals surface area (Å²) in [6, 6.07) is 19.3. The van der Waals surface area contributed by atoms with E-state index in [4.69, 9.17) is 4.98 Å². The van der Waals surface area contributed by atoms with Gasteiger partial charge in [0, 0.05) is 6.20 Å². The molecule has 4 aromatic rings. The summed E-state index contributed by atoms with van der Waals surface area (Å²) in [5, 5.41) is 0.619. The Balaban J connectivity index is 2.00. The number of aryl methyl sites for hydroxylation is 2. The van der Waals surface area contributed by atoms with Crippen LogP contribution in [-0.4, -0.2) is 14.5 Å². The highest BCUT2D eigenvalue weighted by Gasteiger charge is 2.12. The van der Waals surface area contributed by atoms with Gasteiger partial charge in [0.2, 0.25) is 0 Å². The van der Waals surface area contributed by atoms with E-state index < -0.39 is 0 Å². The van der Waals surface area contributed by atoms with Gasteiger partial charge in [-0.15, -0.1) is 0 Å². The maximum Gasteiger partial charge on any atom is 0.266 e. The third-order valence-electron chi connectivity index (χ3n) is 4.50. The van der Waals surface area contributed by atoms with Crippen LogP contribution >= 0.6 is 0 Å². The van der Waals surface area contributed by atoms with Crippen LogP contribution in [0.4, 0.5) is 0 Å². The van der Waals surface area contributed by atoms with Crippen molar-refractivity contribution in [3.8, 4) is 5.69 Å². The quantitative estimate of drug-likeness (QED) is 0.542. The van der Waals surface area contributed by atoms with Crippen LogP contribution < -0.4 is 5.56 Å². The van der Waals surface area contributed by atoms with Gasteiger partial charge in [0.15, 0.2) is 0 Å². The summed E-state index contributed by atoms with van der Waals surface area (Å²) in [7, 11) is 0. The summed E-state index contributed by atoms with van der Waals surface area (Å²) in [6.45, 7) is 3.97. The average Bonchev–Trinajstić information content (AvgIpc) is 2.69. The monoisotopic (exact) mass is 353 g/mol. The Labute approximate surface area is 157 Å². The number of benzene rings is 2. The zero-order chi connectivity index (χ0) is 18.8. The molecule has 0 radical (unpaired) electrons. The van der Waals surface area contributed by atoms with Gasteiger partial charge in [0.05, 0.1) is 22.3 Å². The molecule has 4 nitrogen and oxygen atoms in total. The Bertz CT molecular complexity index is 1210. The van der Waals surface area contributed by atoms with E-state index in [0.29, 0.717) is 16.7 Å². The van der Waals surface area contributed by atoms with Gasteiger partial charge in [-0.05, 0) is 61.9 Å². The maximum absolute atomic E-state index is 13.3. The molecular weight excluding hydrogens is 334 g/mol. The Kier molecular flexibility index (Phi) is 4.38. The van der Waals surface area contributed by atoms with E-state index in [1.165, 1.54) is 0 Å². The standard InChI is InChI=1S/C23H19N3O/c1-16-10-12-20-19(15-16)23(27)26(21-9-4-3-7-17(21)2)22(25-20)13-11-18-8-5-6-14-24-18/h3-15H,1-2H3/b13-11+. The molecule has 0 saturated heterocycles. The Morgan fingerprint density at radius 3 is 2.52 bits per heavy atom. The minimum absolute atomic E-state index is 0.0707. The second-order valence-corrected chi connectivity index (χ2v) is 6.51. The molecule has 0 spiro atoms. The number of pyridine rings is 1. The molecule has 0 unspecified atom stereocenters. The zero-order valence-electron chi connectivity index (χ0n) is 15.3. The van der Waals surface area contributed by atoms with Crippen molar-refractivity contribution in [2.75, 3.05) is 0 Å². The van der Waals surface area contributed by atoms with E-state index in [-0.39, 0.29) is 5.56 Å². The lowest BCUT2D eigenvalue weighted by Crippen LogP contribution is -2.23. The first kappa shape index (κ1) is 16.9. The van der Waals surface area contributed by atoms with Crippen LogP contribution in [0, 0.1) is 13.8 Å². The molecule has 2 aromatic heterocycles. The van der Waals surface area contributed by atoms with Crippen molar-refractivity contribution in [1.29, 1.82) is 0 Å². The molecule has 0 bridgehead atoms. The van der Waals surface area contributed by atoms with Gasteiger partial charge in [-0.1, -0.05) is 35.9 Å². The molecule has 0 fully saturated rings. The molecule has 0 aliphatic heterocycles. The van der Waals surface area contributed by atoms with Gasteiger partial charge in [0.25, 0.3) is 5.56 Å². The van der Waals surface area contributed by atoms with E-state index in [1.54, 1.807) is 10.8 Å². The third-order valence-corrected chi connectivity index (χ3v) is 4.50. The molecule has 0 aliphatic carbocycles. The summed E-state index contributed by atoms with van der Waals surface area (Å²) in [4.78, 5) is 22.4. The summed E-state index contributed by atoms with van der Waals surface area (Å²) in [5.74, 6) is 0.580. The van der Waals surface area contributed by atoms with Crippen molar-refractivity contribution in [1.82, 2.24) is 14.5 Å². The van der Waals surface area contributed by atoms with Crippen LogP contribution in [-0.2, 0) is 0 Å². The number of aromatic nitrogens is 3. The molecule has 0 amide bonds. The van der Waals surface area contributed by atoms with Crippen molar-refractivity contribution < 1.29 is 0 Å². The third kappa shape index (κ3) is 3.29. The van der Waals surface area contributed by atoms with Gasteiger partial charge in [0.1, 0.15) is 5.82 Å². The fraction of sp³-hybridized carbons (Fsp3) is 0.0870. The fourth-order valence-electron chi connectivity index (χ4n) is 3.11. The van der Waals surface area contributed by atoms with E-state index >= 15 is 0 Å². The topological polar surface area (TPSA) is 47.8 Å². The largest absolute Gasteiger partial charge is 0.268 e. The number of para-hydroxylation sites is 1. The van der Waals surface area contributed by atoms with E-state index in [9.17, 15) is 4.79 Å². The fourth-order valence-corrected chi connectivity index (χ4v) is 3.11. The minimum Gasteiger partial charge on any atom is -0.268 e. The lowest BCUT2D eigenvalue weighted by molar-refractivity contribution is 0.934. The second-order valence-electron chi connectivity index (χ2n) is 6.51. The van der Waals surface area contributed by atoms with Crippen LogP contribution in [0.2, 0.25) is 0 Å². The average molecular weight is 353 g/mol. The van der Waals surface area contributed by atoms with E-state index in [2.05, 4.69) is 4.98 Å². The number of fused-ring (bicyclic) bond motifs is 1. The Morgan fingerprint density at radius 2 is 1.74 bits per heavy atom. The van der Waals surface area contributed by atoms with Crippen LogP contribution in [0.1, 0.15) is 22.6 Å². The van der Waals surface area contributed by atoms with Gasteiger partial charge < -0.3 is 0 Å². The van der Waals surface area contributed by atoms with Crippen molar-refractivity contribution in [2.24, 2.45) is 0 Å². The maximum atomic E-state index is 13.3. The molecule has 0 aliphatic rings. The molecule has 4 heteroatoms. The highest BCUT2D eigenvalue weighted by Crippen LogP contribution is 2.18. The van der Waals surface area contributed by atoms with Gasteiger partial charge in [-0.2, -0.15) is 0 Å². The summed E-state index contributed by atoms with van der Waals surface area (Å²) >= 11 is 0. The molecule has 27 heavy (non-hydrogen) atoms. The van der Waals surface area contributed by atoms with Crippen molar-refractivity contribution in [2.45, 2.75) is 13.8 Å². The van der Waals surface area contributed by atoms with E-state index in [1.807, 2.05) is 86.7 Å². The molecule has 0 atom stereocenters. The molecule has 2 heterocycles. The lowest BCUT2D eigenvalue weighted by Gasteiger charge is -2.14. The Hall–Kier alpha value is -3.53. The lowest BCUT2D eigenvalue weighted by atomic mass is 10.1. The molecule has 2 aromatic carbocycles. The number of rotatable bonds is 3. The van der Waals surface area contributed by atoms with Gasteiger partial charge in [-0.25, -0.2) is 4.98 Å². The van der Waals surface area contributed by atoms with Gasteiger partial charge in [-0.3, -0.25) is 14.3 Å². The van der Waals surface area contributed by atoms with Crippen LogP contribution in [0.25, 0.3) is 28.7 Å². The number of hydrogen-bond acceptors (Lipinski definition) is 3. The summed E-state index contributed by atoms with van der Waals surface area (Å²) in [5.41, 5.74) is 4.32. The first-order valence-corrected chi connectivity index (χ1v) is 8.82. The minimum atomic E-state index is -0.0707. The SMILES string of the molecule is Cc1ccc2nc(/C=C/c3ccccn3)n(-c3ccccc3C)c(=O)c2c1. The summed E-state index contributed by atoms with van der Waals surface area (Å²) < 4.78 is 1.68. The smallest absolute Gasteiger partial charge is 0.266 e. The predicted molar refractivity (Wildman–Crippen MR) is 110 cm³/mol. The molecule has 132 valence electrons. The number of nitrogens with zero attached hydrogens (tertiary/aromatic N) is 3. The molecule has 4 rings (SSSR count). The Morgan fingerprint density at radius 1 is 0.926 bits per heavy atom. The van der Waals surface area contributed by atoms with Gasteiger partial charge >= 0.3 is 0 Å². The van der Waals surface area contributed by atoms with E-state index in [0.717, 1.165) is 22.5 Å². The normalized spacial score (nSPS) is 11.3. The zero-order valence-corrected chi connectivity index (χ0v) is 15.3. The van der Waals surface area contributed by atoms with Crippen molar-refractivity contribution in [3.63, 3.8) is 0 Å². The first-order valence-electron chi connectivity index (χ1n) is 8.82. The molecular formula is C23H19N3O. The predicted octanol–water partition coefficient (Wildman–Crippen LogP) is 4.57. The highest BCUT2D eigenvalue weighted by atomic mass is 16.1. The molecule has 0 saturated carbocycles. The van der Waals surface area contributed by atoms with Crippen LogP contribution in [0.5, 0.6) is 0 Å².